The molecule has 0 N–H and O–H groups in total. The molecule has 0 saturated carbocycles. The fourth-order valence-corrected chi connectivity index (χ4v) is 8.95. The van der Waals surface area contributed by atoms with Crippen molar-refractivity contribution in [3.05, 3.63) is 168 Å². The summed E-state index contributed by atoms with van der Waals surface area (Å²) in [5.41, 5.74) is 14.7. The molecular weight excluding hydrogens is 591 g/mol. The number of nitrogens with zero attached hydrogens (tertiary/aromatic N) is 1. The first kappa shape index (κ1) is 28.4. The van der Waals surface area contributed by atoms with Gasteiger partial charge in [0, 0.05) is 28.4 Å². The molecule has 1 heterocycles. The maximum atomic E-state index is 2.60. The summed E-state index contributed by atoms with van der Waals surface area (Å²) in [6, 6.07) is 57.1. The lowest BCUT2D eigenvalue weighted by atomic mass is 9.81. The summed E-state index contributed by atoms with van der Waals surface area (Å²) in [7, 11) is 0. The number of anilines is 2. The first-order valence-corrected chi connectivity index (χ1v) is 17.6. The SMILES string of the molecule is CC1(C)c2ccccc2-c2cc(-c3c4ccccc4c(N4CCCc5ccccc54)c4ccc(-c5ccc6ccccc6c5)cc34)ccc21. The van der Waals surface area contributed by atoms with Gasteiger partial charge in [-0.15, -0.1) is 0 Å². The van der Waals surface area contributed by atoms with Gasteiger partial charge in [-0.2, -0.15) is 0 Å². The Kier molecular flexibility index (Phi) is 6.18. The summed E-state index contributed by atoms with van der Waals surface area (Å²) in [5, 5.41) is 7.75. The number of para-hydroxylation sites is 1. The van der Waals surface area contributed by atoms with Crippen molar-refractivity contribution < 1.29 is 0 Å². The second kappa shape index (κ2) is 10.7. The van der Waals surface area contributed by atoms with E-state index in [-0.39, 0.29) is 5.41 Å². The highest BCUT2D eigenvalue weighted by atomic mass is 15.1. The van der Waals surface area contributed by atoms with E-state index in [4.69, 9.17) is 0 Å². The van der Waals surface area contributed by atoms with Crippen LogP contribution in [0.5, 0.6) is 0 Å². The molecule has 0 bridgehead atoms. The van der Waals surface area contributed by atoms with Gasteiger partial charge in [-0.1, -0.05) is 141 Å². The summed E-state index contributed by atoms with van der Waals surface area (Å²) in [4.78, 5) is 2.60. The smallest absolute Gasteiger partial charge is 0.0570 e. The van der Waals surface area contributed by atoms with Gasteiger partial charge >= 0.3 is 0 Å². The minimum absolute atomic E-state index is 0.0244. The van der Waals surface area contributed by atoms with Crippen LogP contribution in [0.3, 0.4) is 0 Å². The van der Waals surface area contributed by atoms with Gasteiger partial charge < -0.3 is 4.90 Å². The van der Waals surface area contributed by atoms with E-state index in [9.17, 15) is 0 Å². The molecule has 1 heteroatoms. The normalized spacial score (nSPS) is 14.6. The third-order valence-electron chi connectivity index (χ3n) is 11.3. The fraction of sp³-hybridized carbons (Fsp3) is 0.125. The quantitative estimate of drug-likeness (QED) is 0.176. The van der Waals surface area contributed by atoms with Crippen LogP contribution in [0.15, 0.2) is 152 Å². The Morgan fingerprint density at radius 2 is 1.16 bits per heavy atom. The van der Waals surface area contributed by atoms with Crippen LogP contribution >= 0.6 is 0 Å². The summed E-state index contributed by atoms with van der Waals surface area (Å²) in [6.07, 6.45) is 2.27. The second-order valence-corrected chi connectivity index (χ2v) is 14.4. The summed E-state index contributed by atoms with van der Waals surface area (Å²) >= 11 is 0. The van der Waals surface area contributed by atoms with Crippen molar-refractivity contribution in [3.63, 3.8) is 0 Å². The van der Waals surface area contributed by atoms with Gasteiger partial charge in [-0.05, 0) is 109 Å². The lowest BCUT2D eigenvalue weighted by molar-refractivity contribution is 0.660. The van der Waals surface area contributed by atoms with Crippen molar-refractivity contribution >= 4 is 43.7 Å². The predicted molar refractivity (Wildman–Crippen MR) is 209 cm³/mol. The van der Waals surface area contributed by atoms with Gasteiger partial charge in [0.05, 0.1) is 5.69 Å². The average Bonchev–Trinajstić information content (AvgIpc) is 3.38. The molecular formula is C48H37N. The van der Waals surface area contributed by atoms with E-state index in [1.54, 1.807) is 0 Å². The van der Waals surface area contributed by atoms with E-state index in [2.05, 4.69) is 170 Å². The third kappa shape index (κ3) is 4.25. The van der Waals surface area contributed by atoms with Gasteiger partial charge in [0.15, 0.2) is 0 Å². The maximum Gasteiger partial charge on any atom is 0.0570 e. The van der Waals surface area contributed by atoms with Crippen LogP contribution in [0.1, 0.15) is 37.0 Å². The standard InChI is InChI=1S/C48H37N/c1-48(2)43-19-9-8-16-37(43)41-30-36(24-26-44(41)48)46-38-17-6-7-18-39(38)47(49-27-11-15-32-13-5-10-20-45(32)49)40-25-23-35(29-42(40)46)34-22-21-31-12-3-4-14-33(31)28-34/h3-10,12-14,16-26,28-30H,11,15,27H2,1-2H3. The van der Waals surface area contributed by atoms with E-state index >= 15 is 0 Å². The minimum Gasteiger partial charge on any atom is -0.340 e. The molecule has 0 saturated heterocycles. The number of aryl methyl sites for hydroxylation is 1. The molecule has 0 unspecified atom stereocenters. The lowest BCUT2D eigenvalue weighted by Gasteiger charge is -2.34. The first-order valence-electron chi connectivity index (χ1n) is 17.6. The molecule has 8 aromatic carbocycles. The van der Waals surface area contributed by atoms with Crippen LogP contribution in [-0.4, -0.2) is 6.54 Å². The van der Waals surface area contributed by atoms with Gasteiger partial charge in [-0.25, -0.2) is 0 Å². The van der Waals surface area contributed by atoms with Crippen LogP contribution < -0.4 is 4.90 Å². The van der Waals surface area contributed by atoms with Crippen LogP contribution in [0, 0.1) is 0 Å². The van der Waals surface area contributed by atoms with Crippen molar-refractivity contribution in [2.45, 2.75) is 32.1 Å². The summed E-state index contributed by atoms with van der Waals surface area (Å²) in [6.45, 7) is 5.74. The maximum absolute atomic E-state index is 2.60. The highest BCUT2D eigenvalue weighted by Crippen LogP contribution is 2.52. The van der Waals surface area contributed by atoms with Crippen molar-refractivity contribution in [1.82, 2.24) is 0 Å². The topological polar surface area (TPSA) is 3.24 Å². The van der Waals surface area contributed by atoms with Crippen LogP contribution in [-0.2, 0) is 11.8 Å². The molecule has 0 spiro atoms. The zero-order chi connectivity index (χ0) is 32.7. The Bertz CT molecular complexity index is 2620. The Morgan fingerprint density at radius 3 is 2.08 bits per heavy atom. The average molecular weight is 628 g/mol. The molecule has 10 rings (SSSR count). The molecule has 0 fully saturated rings. The van der Waals surface area contributed by atoms with Gasteiger partial charge in [-0.3, -0.25) is 0 Å². The van der Waals surface area contributed by atoms with E-state index in [1.807, 2.05) is 0 Å². The number of fused-ring (bicyclic) bond motifs is 7. The van der Waals surface area contributed by atoms with Crippen LogP contribution in [0.2, 0.25) is 0 Å². The molecule has 1 aliphatic carbocycles. The summed E-state index contributed by atoms with van der Waals surface area (Å²) < 4.78 is 0. The molecule has 0 radical (unpaired) electrons. The molecule has 0 atom stereocenters. The van der Waals surface area contributed by atoms with Crippen molar-refractivity contribution in [2.24, 2.45) is 0 Å². The van der Waals surface area contributed by atoms with Crippen LogP contribution in [0.25, 0.3) is 65.7 Å². The zero-order valence-corrected chi connectivity index (χ0v) is 28.0. The Balaban J connectivity index is 1.29. The van der Waals surface area contributed by atoms with E-state index in [0.717, 1.165) is 19.4 Å². The molecule has 1 nitrogen and oxygen atoms in total. The molecule has 0 amide bonds. The van der Waals surface area contributed by atoms with Gasteiger partial charge in [0.25, 0.3) is 0 Å². The van der Waals surface area contributed by atoms with Gasteiger partial charge in [0.1, 0.15) is 0 Å². The Morgan fingerprint density at radius 1 is 0.490 bits per heavy atom. The molecule has 1 aliphatic heterocycles. The lowest BCUT2D eigenvalue weighted by Crippen LogP contribution is -2.25. The third-order valence-corrected chi connectivity index (χ3v) is 11.3. The minimum atomic E-state index is -0.0244. The predicted octanol–water partition coefficient (Wildman–Crippen LogP) is 12.9. The fourth-order valence-electron chi connectivity index (χ4n) is 8.95. The van der Waals surface area contributed by atoms with Gasteiger partial charge in [0.2, 0.25) is 0 Å². The second-order valence-electron chi connectivity index (χ2n) is 14.4. The van der Waals surface area contributed by atoms with E-state index in [1.165, 1.54) is 93.8 Å². The number of benzene rings is 8. The Labute approximate surface area is 288 Å². The monoisotopic (exact) mass is 627 g/mol. The first-order chi connectivity index (χ1) is 24.1. The largest absolute Gasteiger partial charge is 0.340 e. The van der Waals surface area contributed by atoms with Crippen LogP contribution in [0.4, 0.5) is 11.4 Å². The van der Waals surface area contributed by atoms with Crippen molar-refractivity contribution in [2.75, 3.05) is 11.4 Å². The molecule has 49 heavy (non-hydrogen) atoms. The number of hydrogen-bond acceptors (Lipinski definition) is 1. The highest BCUT2D eigenvalue weighted by molar-refractivity contribution is 6.22. The van der Waals surface area contributed by atoms with E-state index in [0.29, 0.717) is 0 Å². The number of rotatable bonds is 3. The number of hydrogen-bond donors (Lipinski definition) is 0. The molecule has 2 aliphatic rings. The summed E-state index contributed by atoms with van der Waals surface area (Å²) in [5.74, 6) is 0. The zero-order valence-electron chi connectivity index (χ0n) is 28.0. The Hall–Kier alpha value is -5.66. The molecule has 234 valence electrons. The van der Waals surface area contributed by atoms with Crippen molar-refractivity contribution in [3.8, 4) is 33.4 Å². The molecule has 0 aromatic heterocycles. The molecule has 8 aromatic rings. The highest BCUT2D eigenvalue weighted by Gasteiger charge is 2.35. The van der Waals surface area contributed by atoms with E-state index < -0.39 is 0 Å². The van der Waals surface area contributed by atoms with Crippen molar-refractivity contribution in [1.29, 1.82) is 0 Å².